The maximum absolute atomic E-state index is 12.0. The zero-order valence-electron chi connectivity index (χ0n) is 8.21. The summed E-state index contributed by atoms with van der Waals surface area (Å²) in [5.74, 6) is -0.672. The maximum Gasteiger partial charge on any atom is 0.574 e. The maximum atomic E-state index is 12.0. The van der Waals surface area contributed by atoms with Crippen molar-refractivity contribution in [2.75, 3.05) is 7.11 Å². The van der Waals surface area contributed by atoms with Gasteiger partial charge in [-0.15, -0.1) is 13.2 Å². The van der Waals surface area contributed by atoms with E-state index in [1.165, 1.54) is 19.2 Å². The Kier molecular flexibility index (Phi) is 3.55. The number of hydrogen-bond donors (Lipinski definition) is 0. The Balaban J connectivity index is 3.06. The van der Waals surface area contributed by atoms with Gasteiger partial charge in [0, 0.05) is 11.6 Å². The van der Waals surface area contributed by atoms with Crippen molar-refractivity contribution in [1.82, 2.24) is 4.98 Å². The molecule has 16 heavy (non-hydrogen) atoms. The second kappa shape index (κ2) is 4.70. The van der Waals surface area contributed by atoms with E-state index in [-0.39, 0.29) is 17.9 Å². The van der Waals surface area contributed by atoms with Gasteiger partial charge in [-0.25, -0.2) is 0 Å². The van der Waals surface area contributed by atoms with Crippen molar-refractivity contribution in [3.05, 3.63) is 17.7 Å². The van der Waals surface area contributed by atoms with Gasteiger partial charge < -0.3 is 9.47 Å². The molecular formula is C9H7F3N2O2. The molecule has 0 aliphatic rings. The molecule has 0 radical (unpaired) electrons. The van der Waals surface area contributed by atoms with Crippen LogP contribution in [-0.2, 0) is 6.42 Å². The molecule has 0 aliphatic heterocycles. The van der Waals surface area contributed by atoms with Gasteiger partial charge in [0.15, 0.2) is 0 Å². The highest BCUT2D eigenvalue weighted by atomic mass is 19.4. The molecule has 0 aromatic carbocycles. The lowest BCUT2D eigenvalue weighted by Crippen LogP contribution is -2.19. The Morgan fingerprint density at radius 3 is 2.62 bits per heavy atom. The number of nitriles is 1. The molecule has 0 amide bonds. The topological polar surface area (TPSA) is 55.1 Å². The Bertz CT molecular complexity index is 412. The number of ether oxygens (including phenoxy) is 2. The number of rotatable bonds is 3. The van der Waals surface area contributed by atoms with Gasteiger partial charge in [0.1, 0.15) is 0 Å². The summed E-state index contributed by atoms with van der Waals surface area (Å²) in [5, 5.41) is 8.42. The summed E-state index contributed by atoms with van der Waals surface area (Å²) in [4.78, 5) is 3.48. The van der Waals surface area contributed by atoms with Crippen molar-refractivity contribution < 1.29 is 22.6 Å². The Labute approximate surface area is 89.2 Å². The first kappa shape index (κ1) is 12.1. The van der Waals surface area contributed by atoms with Gasteiger partial charge in [0.25, 0.3) is 0 Å². The number of pyridine rings is 1. The highest BCUT2D eigenvalue weighted by Gasteiger charge is 2.33. The average Bonchev–Trinajstić information content (AvgIpc) is 2.18. The molecule has 1 aromatic heterocycles. The van der Waals surface area contributed by atoms with Crippen molar-refractivity contribution in [3.8, 4) is 17.8 Å². The van der Waals surface area contributed by atoms with Crippen LogP contribution in [0.4, 0.5) is 13.2 Å². The Hall–Kier alpha value is -1.97. The highest BCUT2D eigenvalue weighted by molar-refractivity contribution is 5.32. The van der Waals surface area contributed by atoms with E-state index in [2.05, 4.69) is 14.5 Å². The van der Waals surface area contributed by atoms with E-state index in [1.807, 2.05) is 0 Å². The summed E-state index contributed by atoms with van der Waals surface area (Å²) in [5.41, 5.74) is 0.0561. The Morgan fingerprint density at radius 2 is 2.12 bits per heavy atom. The van der Waals surface area contributed by atoms with E-state index in [0.717, 1.165) is 0 Å². The third-order valence-electron chi connectivity index (χ3n) is 1.60. The van der Waals surface area contributed by atoms with Gasteiger partial charge in [-0.3, -0.25) is 0 Å². The van der Waals surface area contributed by atoms with E-state index < -0.39 is 12.2 Å². The van der Waals surface area contributed by atoms with Crippen molar-refractivity contribution in [2.24, 2.45) is 0 Å². The highest BCUT2D eigenvalue weighted by Crippen LogP contribution is 2.26. The number of halogens is 3. The molecule has 0 unspecified atom stereocenters. The van der Waals surface area contributed by atoms with Crippen molar-refractivity contribution in [1.29, 1.82) is 5.26 Å². The standard InChI is InChI=1S/C9H7F3N2O2/c1-15-7-3-2-6(4-5-13)8(14-7)16-9(10,11)12/h2-3H,4H2,1H3. The minimum absolute atomic E-state index is 0.0130. The van der Waals surface area contributed by atoms with Crippen LogP contribution in [0.15, 0.2) is 12.1 Å². The molecule has 1 aromatic rings. The van der Waals surface area contributed by atoms with Crippen molar-refractivity contribution >= 4 is 0 Å². The first-order chi connectivity index (χ1) is 7.46. The number of methoxy groups -OCH3 is 1. The van der Waals surface area contributed by atoms with Gasteiger partial charge in [0.05, 0.1) is 19.6 Å². The molecule has 1 heterocycles. The number of aromatic nitrogens is 1. The lowest BCUT2D eigenvalue weighted by atomic mass is 10.2. The van der Waals surface area contributed by atoms with Gasteiger partial charge in [-0.05, 0) is 6.07 Å². The Morgan fingerprint density at radius 1 is 1.44 bits per heavy atom. The number of nitrogens with zero attached hydrogens (tertiary/aromatic N) is 2. The summed E-state index contributed by atoms with van der Waals surface area (Å²) in [6.07, 6.45) is -5.06. The fourth-order valence-electron chi connectivity index (χ4n) is 0.984. The molecule has 0 spiro atoms. The van der Waals surface area contributed by atoms with Crippen LogP contribution in [0.25, 0.3) is 0 Å². The van der Waals surface area contributed by atoms with Crippen LogP contribution in [0.5, 0.6) is 11.8 Å². The van der Waals surface area contributed by atoms with Gasteiger partial charge in [-0.2, -0.15) is 10.2 Å². The molecule has 0 bridgehead atoms. The minimum atomic E-state index is -4.84. The van der Waals surface area contributed by atoms with Crippen molar-refractivity contribution in [2.45, 2.75) is 12.8 Å². The molecule has 7 heteroatoms. The minimum Gasteiger partial charge on any atom is -0.481 e. The van der Waals surface area contributed by atoms with E-state index in [4.69, 9.17) is 5.26 Å². The molecule has 0 saturated heterocycles. The van der Waals surface area contributed by atoms with Crippen LogP contribution in [0.1, 0.15) is 5.56 Å². The van der Waals surface area contributed by atoms with Crippen LogP contribution in [0.2, 0.25) is 0 Å². The molecular weight excluding hydrogens is 225 g/mol. The van der Waals surface area contributed by atoms with Crippen LogP contribution in [0.3, 0.4) is 0 Å². The monoisotopic (exact) mass is 232 g/mol. The zero-order valence-corrected chi connectivity index (χ0v) is 8.21. The van der Waals surface area contributed by atoms with Gasteiger partial charge in [0.2, 0.25) is 11.8 Å². The van der Waals surface area contributed by atoms with Crippen LogP contribution >= 0.6 is 0 Å². The van der Waals surface area contributed by atoms with Gasteiger partial charge >= 0.3 is 6.36 Å². The fraction of sp³-hybridized carbons (Fsp3) is 0.333. The number of alkyl halides is 3. The average molecular weight is 232 g/mol. The molecule has 4 nitrogen and oxygen atoms in total. The summed E-state index contributed by atoms with van der Waals surface area (Å²) in [7, 11) is 1.27. The molecule has 86 valence electrons. The molecule has 0 aliphatic carbocycles. The summed E-state index contributed by atoms with van der Waals surface area (Å²) >= 11 is 0. The van der Waals surface area contributed by atoms with E-state index in [9.17, 15) is 13.2 Å². The van der Waals surface area contributed by atoms with Gasteiger partial charge in [-0.1, -0.05) is 0 Å². The van der Waals surface area contributed by atoms with E-state index in [0.29, 0.717) is 0 Å². The van der Waals surface area contributed by atoms with E-state index in [1.54, 1.807) is 6.07 Å². The van der Waals surface area contributed by atoms with Crippen LogP contribution in [-0.4, -0.2) is 18.5 Å². The second-order valence-electron chi connectivity index (χ2n) is 2.70. The predicted octanol–water partition coefficient (Wildman–Crippen LogP) is 2.05. The molecule has 0 fully saturated rings. The summed E-state index contributed by atoms with van der Waals surface area (Å²) in [6, 6.07) is 4.38. The smallest absolute Gasteiger partial charge is 0.481 e. The number of hydrogen-bond acceptors (Lipinski definition) is 4. The lowest BCUT2D eigenvalue weighted by molar-refractivity contribution is -0.276. The lowest BCUT2D eigenvalue weighted by Gasteiger charge is -2.11. The third kappa shape index (κ3) is 3.31. The summed E-state index contributed by atoms with van der Waals surface area (Å²) in [6.45, 7) is 0. The SMILES string of the molecule is COc1ccc(CC#N)c(OC(F)(F)F)n1. The largest absolute Gasteiger partial charge is 0.574 e. The first-order valence-electron chi connectivity index (χ1n) is 4.13. The predicted molar refractivity (Wildman–Crippen MR) is 46.8 cm³/mol. The van der Waals surface area contributed by atoms with Crippen LogP contribution < -0.4 is 9.47 Å². The molecule has 0 saturated carbocycles. The first-order valence-corrected chi connectivity index (χ1v) is 4.13. The van der Waals surface area contributed by atoms with Crippen molar-refractivity contribution in [3.63, 3.8) is 0 Å². The van der Waals surface area contributed by atoms with E-state index >= 15 is 0 Å². The molecule has 1 rings (SSSR count). The zero-order chi connectivity index (χ0) is 12.2. The second-order valence-corrected chi connectivity index (χ2v) is 2.70. The quantitative estimate of drug-likeness (QED) is 0.800. The molecule has 0 N–H and O–H groups in total. The van der Waals surface area contributed by atoms with Crippen LogP contribution in [0, 0.1) is 11.3 Å². The normalized spacial score (nSPS) is 10.7. The molecule has 0 atom stereocenters. The fourth-order valence-corrected chi connectivity index (χ4v) is 0.984. The third-order valence-corrected chi connectivity index (χ3v) is 1.60. The summed E-state index contributed by atoms with van der Waals surface area (Å²) < 4.78 is 44.4.